The molecule has 0 N–H and O–H groups in total. The van der Waals surface area contributed by atoms with Gasteiger partial charge in [-0.1, -0.05) is 0 Å². The van der Waals surface area contributed by atoms with E-state index in [0.717, 1.165) is 12.3 Å². The number of aldehydes is 1. The molecule has 0 fully saturated rings. The third-order valence-corrected chi connectivity index (χ3v) is 4.04. The maximum absolute atomic E-state index is 13.1. The van der Waals surface area contributed by atoms with Crippen molar-refractivity contribution in [2.24, 2.45) is 0 Å². The van der Waals surface area contributed by atoms with E-state index in [9.17, 15) is 18.4 Å². The molecular formula is C19H15F2N3O4. The fourth-order valence-corrected chi connectivity index (χ4v) is 2.64. The molecule has 0 aliphatic rings. The van der Waals surface area contributed by atoms with Crippen LogP contribution in [0.1, 0.15) is 22.5 Å². The number of nitrogens with zero attached hydrogens (tertiary/aromatic N) is 3. The van der Waals surface area contributed by atoms with Gasteiger partial charge in [-0.25, -0.2) is 13.8 Å². The molecule has 0 radical (unpaired) electrons. The first-order valence-electron chi connectivity index (χ1n) is 8.03. The molecule has 0 aliphatic carbocycles. The number of hydrogen-bond acceptors (Lipinski definition) is 6. The highest BCUT2D eigenvalue weighted by Gasteiger charge is 2.18. The van der Waals surface area contributed by atoms with E-state index in [4.69, 9.17) is 9.47 Å². The van der Waals surface area contributed by atoms with Crippen molar-refractivity contribution >= 4 is 6.29 Å². The predicted molar refractivity (Wildman–Crippen MR) is 96.5 cm³/mol. The molecular weight excluding hydrogens is 372 g/mol. The summed E-state index contributed by atoms with van der Waals surface area (Å²) >= 11 is 0. The summed E-state index contributed by atoms with van der Waals surface area (Å²) in [6.45, 7) is 0. The largest absolute Gasteiger partial charge is 0.497 e. The highest BCUT2D eigenvalue weighted by atomic mass is 19.3. The minimum Gasteiger partial charge on any atom is -0.497 e. The van der Waals surface area contributed by atoms with E-state index in [0.29, 0.717) is 12.0 Å². The molecule has 0 bridgehead atoms. The van der Waals surface area contributed by atoms with Crippen molar-refractivity contribution < 1.29 is 23.0 Å². The number of halogens is 2. The minimum absolute atomic E-state index is 0.148. The van der Waals surface area contributed by atoms with Crippen LogP contribution in [0, 0.1) is 0 Å². The lowest BCUT2D eigenvalue weighted by Gasteiger charge is -2.14. The van der Waals surface area contributed by atoms with E-state index in [1.54, 1.807) is 6.07 Å². The van der Waals surface area contributed by atoms with Gasteiger partial charge in [0.1, 0.15) is 23.0 Å². The van der Waals surface area contributed by atoms with Gasteiger partial charge in [-0.3, -0.25) is 19.1 Å². The van der Waals surface area contributed by atoms with Crippen molar-refractivity contribution in [3.8, 4) is 28.4 Å². The Balaban J connectivity index is 2.22. The van der Waals surface area contributed by atoms with Gasteiger partial charge in [-0.05, 0) is 18.2 Å². The topological polar surface area (TPSA) is 83.3 Å². The summed E-state index contributed by atoms with van der Waals surface area (Å²) in [5, 5.41) is 0. The second-order valence-corrected chi connectivity index (χ2v) is 5.63. The van der Waals surface area contributed by atoms with Gasteiger partial charge in [0.05, 0.1) is 20.4 Å². The molecule has 0 amide bonds. The van der Waals surface area contributed by atoms with Crippen LogP contribution in [0.15, 0.2) is 47.7 Å². The summed E-state index contributed by atoms with van der Waals surface area (Å²) in [5.74, 6) is 0.779. The van der Waals surface area contributed by atoms with Gasteiger partial charge in [0.15, 0.2) is 6.29 Å². The Hall–Kier alpha value is -3.62. The third-order valence-electron chi connectivity index (χ3n) is 4.04. The lowest BCUT2D eigenvalue weighted by atomic mass is 10.0. The molecule has 0 atom stereocenters. The van der Waals surface area contributed by atoms with Crippen LogP contribution in [-0.2, 0) is 0 Å². The number of rotatable bonds is 6. The van der Waals surface area contributed by atoms with Gasteiger partial charge in [0, 0.05) is 35.2 Å². The lowest BCUT2D eigenvalue weighted by molar-refractivity contribution is 0.112. The quantitative estimate of drug-likeness (QED) is 0.605. The zero-order valence-corrected chi connectivity index (χ0v) is 14.9. The molecule has 0 saturated heterocycles. The zero-order chi connectivity index (χ0) is 20.3. The van der Waals surface area contributed by atoms with Crippen LogP contribution in [0.4, 0.5) is 8.78 Å². The molecule has 144 valence electrons. The van der Waals surface area contributed by atoms with E-state index in [1.807, 2.05) is 0 Å². The maximum atomic E-state index is 13.1. The fourth-order valence-electron chi connectivity index (χ4n) is 2.64. The standard InChI is InChI=1S/C19H15F2N3O4/c1-27-12-3-4-24(18(26)5-12)17-7-13(11(10-25)8-23-17)14-6-15(19(20)21)22-9-16(14)28-2/h3-10,19H,1-2H3. The van der Waals surface area contributed by atoms with Gasteiger partial charge >= 0.3 is 0 Å². The minimum atomic E-state index is -2.80. The molecule has 28 heavy (non-hydrogen) atoms. The molecule has 0 unspecified atom stereocenters. The Kier molecular flexibility index (Phi) is 5.44. The van der Waals surface area contributed by atoms with Gasteiger partial charge in [0.2, 0.25) is 0 Å². The molecule has 3 rings (SSSR count). The summed E-state index contributed by atoms with van der Waals surface area (Å²) < 4.78 is 37.7. The summed E-state index contributed by atoms with van der Waals surface area (Å²) in [6, 6.07) is 5.44. The van der Waals surface area contributed by atoms with Crippen molar-refractivity contribution in [2.75, 3.05) is 14.2 Å². The van der Waals surface area contributed by atoms with E-state index in [2.05, 4.69) is 9.97 Å². The molecule has 9 heteroatoms. The highest BCUT2D eigenvalue weighted by molar-refractivity contribution is 5.89. The molecule has 3 aromatic rings. The molecule has 7 nitrogen and oxygen atoms in total. The average Bonchev–Trinajstić information content (AvgIpc) is 2.72. The Bertz CT molecular complexity index is 1080. The molecule has 3 aromatic heterocycles. The molecule has 3 heterocycles. The van der Waals surface area contributed by atoms with Gasteiger partial charge in [-0.2, -0.15) is 0 Å². The Labute approximate surface area is 158 Å². The first-order valence-corrected chi connectivity index (χ1v) is 8.03. The maximum Gasteiger partial charge on any atom is 0.280 e. The number of alkyl halides is 2. The number of methoxy groups -OCH3 is 2. The molecule has 0 saturated carbocycles. The Morgan fingerprint density at radius 3 is 2.46 bits per heavy atom. The van der Waals surface area contributed by atoms with Crippen LogP contribution in [0.3, 0.4) is 0 Å². The van der Waals surface area contributed by atoms with Crippen LogP contribution in [0.5, 0.6) is 11.5 Å². The summed E-state index contributed by atoms with van der Waals surface area (Å²) in [4.78, 5) is 31.6. The van der Waals surface area contributed by atoms with Crippen molar-refractivity contribution in [1.82, 2.24) is 14.5 Å². The summed E-state index contributed by atoms with van der Waals surface area (Å²) in [6.07, 6.45) is 1.63. The van der Waals surface area contributed by atoms with E-state index in [1.165, 1.54) is 43.3 Å². The first kappa shape index (κ1) is 19.2. The van der Waals surface area contributed by atoms with Gasteiger partial charge < -0.3 is 9.47 Å². The van der Waals surface area contributed by atoms with Crippen LogP contribution in [-0.4, -0.2) is 35.0 Å². The smallest absolute Gasteiger partial charge is 0.280 e. The molecule has 0 aromatic carbocycles. The number of carbonyl (C=O) groups excluding carboxylic acids is 1. The normalized spacial score (nSPS) is 10.8. The van der Waals surface area contributed by atoms with Crippen molar-refractivity contribution in [3.05, 3.63) is 64.5 Å². The first-order chi connectivity index (χ1) is 13.5. The monoisotopic (exact) mass is 387 g/mol. The second kappa shape index (κ2) is 7.95. The molecule has 0 spiro atoms. The van der Waals surface area contributed by atoms with E-state index in [-0.39, 0.29) is 28.3 Å². The summed E-state index contributed by atoms with van der Waals surface area (Å²) in [7, 11) is 2.80. The van der Waals surface area contributed by atoms with Crippen LogP contribution in [0.25, 0.3) is 16.9 Å². The average molecular weight is 387 g/mol. The van der Waals surface area contributed by atoms with Crippen molar-refractivity contribution in [3.63, 3.8) is 0 Å². The Morgan fingerprint density at radius 2 is 1.86 bits per heavy atom. The predicted octanol–water partition coefficient (Wildman–Crippen LogP) is 3.06. The highest BCUT2D eigenvalue weighted by Crippen LogP contribution is 2.34. The van der Waals surface area contributed by atoms with Crippen molar-refractivity contribution in [2.45, 2.75) is 6.43 Å². The molecule has 0 aliphatic heterocycles. The van der Waals surface area contributed by atoms with E-state index < -0.39 is 17.7 Å². The fraction of sp³-hybridized carbons (Fsp3) is 0.158. The number of aromatic nitrogens is 3. The number of hydrogen-bond donors (Lipinski definition) is 0. The van der Waals surface area contributed by atoms with Gasteiger partial charge in [-0.15, -0.1) is 0 Å². The number of pyridine rings is 3. The van der Waals surface area contributed by atoms with Gasteiger partial charge in [0.25, 0.3) is 12.0 Å². The summed E-state index contributed by atoms with van der Waals surface area (Å²) in [5.41, 5.74) is -0.210. The van der Waals surface area contributed by atoms with Crippen molar-refractivity contribution in [1.29, 1.82) is 0 Å². The van der Waals surface area contributed by atoms with Crippen LogP contribution >= 0.6 is 0 Å². The van der Waals surface area contributed by atoms with E-state index >= 15 is 0 Å². The van der Waals surface area contributed by atoms with Crippen LogP contribution in [0.2, 0.25) is 0 Å². The lowest BCUT2D eigenvalue weighted by Crippen LogP contribution is -2.18. The zero-order valence-electron chi connectivity index (χ0n) is 14.9. The SMILES string of the molecule is COc1ccn(-c2cc(-c3cc(C(F)F)ncc3OC)c(C=O)cn2)c(=O)c1. The number of carbonyl (C=O) groups is 1. The number of ether oxygens (including phenoxy) is 2. The second-order valence-electron chi connectivity index (χ2n) is 5.63. The Morgan fingerprint density at radius 1 is 1.07 bits per heavy atom. The third kappa shape index (κ3) is 3.59. The van der Waals surface area contributed by atoms with Crippen LogP contribution < -0.4 is 15.0 Å².